The molecule has 0 aliphatic carbocycles. The van der Waals surface area contributed by atoms with Crippen molar-refractivity contribution < 1.29 is 47.0 Å². The summed E-state index contributed by atoms with van der Waals surface area (Å²) in [5, 5.41) is 11.1. The Morgan fingerprint density at radius 2 is 1.57 bits per heavy atom. The number of amides is 2. The van der Waals surface area contributed by atoms with Crippen molar-refractivity contribution in [2.45, 2.75) is 94.4 Å². The van der Waals surface area contributed by atoms with Crippen LogP contribution in [0, 0.1) is 5.41 Å². The number of rotatable bonds is 13. The Hall–Kier alpha value is -3.99. The van der Waals surface area contributed by atoms with Crippen molar-refractivity contribution in [3.63, 3.8) is 0 Å². The number of carbonyl (C=O) groups is 5. The van der Waals surface area contributed by atoms with Gasteiger partial charge in [0, 0.05) is 17.8 Å². The molecule has 2 aromatic carbocycles. The largest absolute Gasteiger partial charge is 0.478 e. The quantitative estimate of drug-likeness (QED) is 0.153. The van der Waals surface area contributed by atoms with Gasteiger partial charge in [-0.1, -0.05) is 44.2 Å². The predicted octanol–water partition coefficient (Wildman–Crippen LogP) is 3.52. The molecule has 280 valence electrons. The first-order chi connectivity index (χ1) is 23.8. The Morgan fingerprint density at radius 3 is 2.08 bits per heavy atom. The number of fused-ring (bicyclic) bond motifs is 1. The molecule has 16 heteroatoms. The van der Waals surface area contributed by atoms with Crippen LogP contribution < -0.4 is 11.1 Å². The number of β-lactam (4-membered cyclic amide) rings is 1. The first-order valence-electron chi connectivity index (χ1n) is 16.6. The lowest BCUT2D eigenvalue weighted by molar-refractivity contribution is -0.180. The average Bonchev–Trinajstić information content (AvgIpc) is 3.34. The number of hydrogen-bond acceptors (Lipinski definition) is 11. The molecule has 4 N–H and O–H groups in total. The summed E-state index contributed by atoms with van der Waals surface area (Å²) in [6.45, 7) is 13.0. The van der Waals surface area contributed by atoms with Gasteiger partial charge in [0.2, 0.25) is 28.6 Å². The minimum Gasteiger partial charge on any atom is -0.478 e. The maximum Gasteiger partial charge on any atom is 0.335 e. The van der Waals surface area contributed by atoms with E-state index >= 15 is 0 Å². The van der Waals surface area contributed by atoms with Gasteiger partial charge in [0.25, 0.3) is 0 Å². The van der Waals surface area contributed by atoms with E-state index in [1.165, 1.54) is 45.2 Å². The third-order valence-corrected chi connectivity index (χ3v) is 11.6. The van der Waals surface area contributed by atoms with Gasteiger partial charge in [-0.05, 0) is 77.3 Å². The number of ether oxygens (including phenoxy) is 2. The van der Waals surface area contributed by atoms with Crippen LogP contribution in [-0.4, -0.2) is 94.5 Å². The Morgan fingerprint density at radius 1 is 1.00 bits per heavy atom. The molecule has 0 saturated carbocycles. The third-order valence-electron chi connectivity index (χ3n) is 8.09. The molecule has 0 aromatic heterocycles. The summed E-state index contributed by atoms with van der Waals surface area (Å²) in [5.41, 5.74) is 6.02. The minimum atomic E-state index is -3.53. The summed E-state index contributed by atoms with van der Waals surface area (Å²) >= 11 is 1.40. The third kappa shape index (κ3) is 9.87. The predicted molar refractivity (Wildman–Crippen MR) is 191 cm³/mol. The van der Waals surface area contributed by atoms with E-state index in [-0.39, 0.29) is 16.4 Å². The van der Waals surface area contributed by atoms with E-state index in [0.717, 1.165) is 12.8 Å². The molecule has 0 spiro atoms. The number of aromatic carboxylic acids is 1. The number of carboxylic acid groups (broad SMARTS) is 1. The van der Waals surface area contributed by atoms with Crippen molar-refractivity contribution in [1.29, 1.82) is 0 Å². The van der Waals surface area contributed by atoms with Gasteiger partial charge in [-0.3, -0.25) is 14.4 Å². The van der Waals surface area contributed by atoms with Crippen LogP contribution in [0.5, 0.6) is 0 Å². The number of carbonyl (C=O) groups excluding carboxylic acids is 4. The summed E-state index contributed by atoms with van der Waals surface area (Å²) < 4.78 is 35.7. The van der Waals surface area contributed by atoms with Crippen LogP contribution in [0.15, 0.2) is 59.5 Å². The van der Waals surface area contributed by atoms with Crippen LogP contribution in [0.25, 0.3) is 0 Å². The lowest BCUT2D eigenvalue weighted by atomic mass is 9.95. The van der Waals surface area contributed by atoms with Crippen molar-refractivity contribution in [2.24, 2.45) is 11.1 Å². The Balaban J connectivity index is 0.000000316. The molecule has 2 heterocycles. The molecular weight excluding hydrogens is 701 g/mol. The number of nitrogens with zero attached hydrogens (tertiary/aromatic N) is 2. The highest BCUT2D eigenvalue weighted by molar-refractivity contribution is 8.01. The Kier molecular flexibility index (Phi) is 13.8. The Labute approximate surface area is 303 Å². The summed E-state index contributed by atoms with van der Waals surface area (Å²) in [5.74, 6) is -3.07. The van der Waals surface area contributed by atoms with Crippen LogP contribution in [0.1, 0.15) is 83.3 Å². The van der Waals surface area contributed by atoms with Crippen molar-refractivity contribution in [1.82, 2.24) is 14.5 Å². The monoisotopic (exact) mass is 748 g/mol. The number of sulfonamides is 1. The fourth-order valence-electron chi connectivity index (χ4n) is 5.39. The molecule has 2 aliphatic heterocycles. The van der Waals surface area contributed by atoms with Gasteiger partial charge in [-0.15, -0.1) is 11.8 Å². The van der Waals surface area contributed by atoms with Gasteiger partial charge in [-0.2, -0.15) is 4.31 Å². The standard InChI is InChI=1S/C22H29N3O6S.C13H19NO4S/c1-21(2,3)20(29)31-11-30-19(28)15-22(4,5)32-18-14(17(27)25(15)18)24-16(26)13(23)12-9-7-6-8-10-12;1-3-9-14(10-4-2)19(17,18)12-7-5-11(6-8-12)13(15)16/h6-10,13-15,18H,11,23H2,1-5H3,(H,24,26);5-8H,3-4,9-10H2,1-2H3,(H,15,16)/t13-,14-,15+,18-;/m1./s1. The molecule has 2 amide bonds. The van der Waals surface area contributed by atoms with Crippen molar-refractivity contribution in [3.8, 4) is 0 Å². The van der Waals surface area contributed by atoms with E-state index < -0.39 is 74.3 Å². The second-order valence-corrected chi connectivity index (χ2v) is 17.3. The molecule has 0 bridgehead atoms. The molecule has 2 fully saturated rings. The van der Waals surface area contributed by atoms with E-state index in [4.69, 9.17) is 20.3 Å². The van der Waals surface area contributed by atoms with E-state index in [9.17, 15) is 32.4 Å². The van der Waals surface area contributed by atoms with Crippen LogP contribution >= 0.6 is 11.8 Å². The average molecular weight is 749 g/mol. The van der Waals surface area contributed by atoms with Crippen LogP contribution in [0.3, 0.4) is 0 Å². The zero-order chi connectivity index (χ0) is 38.3. The second-order valence-electron chi connectivity index (χ2n) is 13.6. The smallest absolute Gasteiger partial charge is 0.335 e. The van der Waals surface area contributed by atoms with E-state index in [1.807, 2.05) is 33.8 Å². The highest BCUT2D eigenvalue weighted by Crippen LogP contribution is 2.51. The maximum atomic E-state index is 12.8. The van der Waals surface area contributed by atoms with Crippen molar-refractivity contribution >= 4 is 51.5 Å². The van der Waals surface area contributed by atoms with Crippen LogP contribution in [0.4, 0.5) is 0 Å². The molecule has 0 unspecified atom stereocenters. The highest BCUT2D eigenvalue weighted by Gasteiger charge is 2.64. The number of esters is 2. The summed E-state index contributed by atoms with van der Waals surface area (Å²) in [6.07, 6.45) is 1.48. The molecule has 4 atom stereocenters. The molecular formula is C35H48N4O10S2. The fourth-order valence-corrected chi connectivity index (χ4v) is 8.63. The van der Waals surface area contributed by atoms with Gasteiger partial charge in [0.05, 0.1) is 15.9 Å². The van der Waals surface area contributed by atoms with Gasteiger partial charge in [0.1, 0.15) is 23.5 Å². The number of thioether (sulfide) groups is 1. The lowest BCUT2D eigenvalue weighted by Gasteiger charge is -2.44. The first-order valence-corrected chi connectivity index (χ1v) is 18.9. The van der Waals surface area contributed by atoms with E-state index in [1.54, 1.807) is 45.0 Å². The van der Waals surface area contributed by atoms with Crippen LogP contribution in [0.2, 0.25) is 0 Å². The van der Waals surface area contributed by atoms with Gasteiger partial charge < -0.3 is 30.5 Å². The SMILES string of the molecule is CC(C)(C)C(=O)OCOC(=O)[C@@H]1N2C(=O)[C@@H](NC(=O)[C@H](N)c3ccccc3)[C@H]2SC1(C)C.CCCN(CCC)S(=O)(=O)c1ccc(C(=O)O)cc1. The topological polar surface area (TPSA) is 203 Å². The molecule has 4 rings (SSSR count). The Bertz CT molecular complexity index is 1670. The molecule has 2 aliphatic rings. The summed E-state index contributed by atoms with van der Waals surface area (Å²) in [4.78, 5) is 62.3. The van der Waals surface area contributed by atoms with Gasteiger partial charge in [0.15, 0.2) is 0 Å². The number of carboxylic acids is 1. The number of hydrogen-bond donors (Lipinski definition) is 3. The van der Waals surface area contributed by atoms with Crippen molar-refractivity contribution in [2.75, 3.05) is 19.9 Å². The van der Waals surface area contributed by atoms with Gasteiger partial charge >= 0.3 is 17.9 Å². The number of nitrogens with two attached hydrogens (primary N) is 1. The molecule has 51 heavy (non-hydrogen) atoms. The highest BCUT2D eigenvalue weighted by atomic mass is 32.2. The summed E-state index contributed by atoms with van der Waals surface area (Å²) in [7, 11) is -3.53. The zero-order valence-electron chi connectivity index (χ0n) is 30.0. The summed E-state index contributed by atoms with van der Waals surface area (Å²) in [6, 6.07) is 11.6. The number of benzene rings is 2. The van der Waals surface area contributed by atoms with Crippen LogP contribution in [-0.2, 0) is 38.7 Å². The van der Waals surface area contributed by atoms with Crippen molar-refractivity contribution in [3.05, 3.63) is 65.7 Å². The molecule has 2 aromatic rings. The zero-order valence-corrected chi connectivity index (χ0v) is 31.6. The lowest BCUT2D eigenvalue weighted by Crippen LogP contribution is -2.71. The second kappa shape index (κ2) is 17.0. The van der Waals surface area contributed by atoms with E-state index in [2.05, 4.69) is 5.32 Å². The number of nitrogens with one attached hydrogen (secondary N) is 1. The van der Waals surface area contributed by atoms with E-state index in [0.29, 0.717) is 18.7 Å². The molecule has 2 saturated heterocycles. The fraction of sp³-hybridized carbons (Fsp3) is 0.514. The first kappa shape index (κ1) is 41.4. The van der Waals surface area contributed by atoms with Gasteiger partial charge in [-0.25, -0.2) is 18.0 Å². The molecule has 0 radical (unpaired) electrons. The minimum absolute atomic E-state index is 0.0801. The maximum absolute atomic E-state index is 12.8. The normalized spacial score (nSPS) is 19.9. The molecule has 14 nitrogen and oxygen atoms in total.